The van der Waals surface area contributed by atoms with Crippen LogP contribution in [0.2, 0.25) is 0 Å². The second-order valence-electron chi connectivity index (χ2n) is 5.33. The summed E-state index contributed by atoms with van der Waals surface area (Å²) in [6.45, 7) is 6.08. The zero-order valence-electron chi connectivity index (χ0n) is 12.7. The summed E-state index contributed by atoms with van der Waals surface area (Å²) in [5, 5.41) is 10.4. The SMILES string of the molecule is Cc1ccccc1SCC(O)c1cccc(OC(C)C)c1. The van der Waals surface area contributed by atoms with Gasteiger partial charge in [0.25, 0.3) is 0 Å². The molecule has 1 atom stereocenters. The highest BCUT2D eigenvalue weighted by Crippen LogP contribution is 2.28. The van der Waals surface area contributed by atoms with Gasteiger partial charge < -0.3 is 9.84 Å². The third-order valence-electron chi connectivity index (χ3n) is 3.10. The lowest BCUT2D eigenvalue weighted by Crippen LogP contribution is -2.07. The van der Waals surface area contributed by atoms with Gasteiger partial charge in [-0.05, 0) is 50.1 Å². The number of ether oxygens (including phenoxy) is 1. The topological polar surface area (TPSA) is 29.5 Å². The van der Waals surface area contributed by atoms with Gasteiger partial charge in [-0.1, -0.05) is 30.3 Å². The third-order valence-corrected chi connectivity index (χ3v) is 4.36. The van der Waals surface area contributed by atoms with Gasteiger partial charge in [-0.3, -0.25) is 0 Å². The van der Waals surface area contributed by atoms with Crippen molar-refractivity contribution >= 4 is 11.8 Å². The van der Waals surface area contributed by atoms with Crippen molar-refractivity contribution in [2.24, 2.45) is 0 Å². The molecular formula is C18H22O2S. The van der Waals surface area contributed by atoms with Gasteiger partial charge in [0.15, 0.2) is 0 Å². The van der Waals surface area contributed by atoms with Crippen LogP contribution in [0.1, 0.15) is 31.1 Å². The van der Waals surface area contributed by atoms with Gasteiger partial charge in [0.05, 0.1) is 12.2 Å². The highest BCUT2D eigenvalue weighted by Gasteiger charge is 2.10. The summed E-state index contributed by atoms with van der Waals surface area (Å²) in [6, 6.07) is 15.9. The van der Waals surface area contributed by atoms with E-state index in [1.54, 1.807) is 11.8 Å². The molecule has 2 nitrogen and oxygen atoms in total. The monoisotopic (exact) mass is 302 g/mol. The quantitative estimate of drug-likeness (QED) is 0.790. The van der Waals surface area contributed by atoms with E-state index in [0.717, 1.165) is 11.3 Å². The molecular weight excluding hydrogens is 280 g/mol. The van der Waals surface area contributed by atoms with E-state index >= 15 is 0 Å². The molecule has 0 aliphatic carbocycles. The number of aryl methyl sites for hydroxylation is 1. The molecule has 1 unspecified atom stereocenters. The van der Waals surface area contributed by atoms with Crippen LogP contribution in [0, 0.1) is 6.92 Å². The maximum absolute atomic E-state index is 10.4. The van der Waals surface area contributed by atoms with E-state index in [9.17, 15) is 5.11 Å². The first-order valence-corrected chi connectivity index (χ1v) is 8.18. The summed E-state index contributed by atoms with van der Waals surface area (Å²) >= 11 is 1.68. The number of hydrogen-bond acceptors (Lipinski definition) is 3. The van der Waals surface area contributed by atoms with Crippen LogP contribution in [-0.2, 0) is 0 Å². The van der Waals surface area contributed by atoms with Crippen LogP contribution < -0.4 is 4.74 Å². The molecule has 0 saturated heterocycles. The van der Waals surface area contributed by atoms with Gasteiger partial charge in [-0.2, -0.15) is 0 Å². The summed E-state index contributed by atoms with van der Waals surface area (Å²) in [4.78, 5) is 1.21. The Labute approximate surface area is 131 Å². The number of thioether (sulfide) groups is 1. The Kier molecular flexibility index (Phi) is 5.71. The molecule has 0 fully saturated rings. The maximum Gasteiger partial charge on any atom is 0.120 e. The maximum atomic E-state index is 10.4. The first kappa shape index (κ1) is 15.9. The second-order valence-corrected chi connectivity index (χ2v) is 6.39. The van der Waals surface area contributed by atoms with Gasteiger partial charge >= 0.3 is 0 Å². The van der Waals surface area contributed by atoms with E-state index in [2.05, 4.69) is 19.1 Å². The number of aliphatic hydroxyl groups excluding tert-OH is 1. The first-order valence-electron chi connectivity index (χ1n) is 7.19. The molecule has 0 bridgehead atoms. The van der Waals surface area contributed by atoms with Gasteiger partial charge in [0.1, 0.15) is 5.75 Å². The highest BCUT2D eigenvalue weighted by molar-refractivity contribution is 7.99. The molecule has 0 radical (unpaired) electrons. The molecule has 0 amide bonds. The minimum atomic E-state index is -0.495. The predicted octanol–water partition coefficient (Wildman–Crippen LogP) is 4.61. The van der Waals surface area contributed by atoms with E-state index in [1.807, 2.05) is 50.2 Å². The summed E-state index contributed by atoms with van der Waals surface area (Å²) in [6.07, 6.45) is -0.357. The normalized spacial score (nSPS) is 12.4. The summed E-state index contributed by atoms with van der Waals surface area (Å²) in [5.74, 6) is 1.44. The van der Waals surface area contributed by atoms with E-state index in [0.29, 0.717) is 5.75 Å². The van der Waals surface area contributed by atoms with Crippen molar-refractivity contribution in [1.29, 1.82) is 0 Å². The van der Waals surface area contributed by atoms with Crippen molar-refractivity contribution in [3.63, 3.8) is 0 Å². The standard InChI is InChI=1S/C18H22O2S/c1-13(2)20-16-9-6-8-15(11-16)17(19)12-21-18-10-5-4-7-14(18)3/h4-11,13,17,19H,12H2,1-3H3. The van der Waals surface area contributed by atoms with Gasteiger partial charge in [0.2, 0.25) is 0 Å². The Morgan fingerprint density at radius 3 is 2.57 bits per heavy atom. The summed E-state index contributed by atoms with van der Waals surface area (Å²) in [7, 11) is 0. The highest BCUT2D eigenvalue weighted by atomic mass is 32.2. The molecule has 112 valence electrons. The number of aliphatic hydroxyl groups is 1. The third kappa shape index (κ3) is 4.80. The molecule has 1 N–H and O–H groups in total. The average molecular weight is 302 g/mol. The van der Waals surface area contributed by atoms with Crippen molar-refractivity contribution in [3.8, 4) is 5.75 Å². The number of benzene rings is 2. The Morgan fingerprint density at radius 1 is 1.10 bits per heavy atom. The molecule has 0 saturated carbocycles. The Bertz CT molecular complexity index is 581. The zero-order valence-corrected chi connectivity index (χ0v) is 13.6. The fourth-order valence-electron chi connectivity index (χ4n) is 2.05. The Balaban J connectivity index is 2.00. The molecule has 2 aromatic carbocycles. The summed E-state index contributed by atoms with van der Waals surface area (Å²) < 4.78 is 5.67. The fraction of sp³-hybridized carbons (Fsp3) is 0.333. The number of hydrogen-bond donors (Lipinski definition) is 1. The van der Waals surface area contributed by atoms with Crippen LogP contribution >= 0.6 is 11.8 Å². The number of rotatable bonds is 6. The predicted molar refractivity (Wildman–Crippen MR) is 89.1 cm³/mol. The van der Waals surface area contributed by atoms with Crippen molar-refractivity contribution in [2.75, 3.05) is 5.75 Å². The largest absolute Gasteiger partial charge is 0.491 e. The van der Waals surface area contributed by atoms with Gasteiger partial charge in [0, 0.05) is 10.6 Å². The average Bonchev–Trinajstić information content (AvgIpc) is 2.45. The van der Waals surface area contributed by atoms with Gasteiger partial charge in [-0.15, -0.1) is 11.8 Å². The first-order chi connectivity index (χ1) is 10.1. The van der Waals surface area contributed by atoms with E-state index in [1.165, 1.54) is 10.5 Å². The minimum Gasteiger partial charge on any atom is -0.491 e. The molecule has 0 heterocycles. The smallest absolute Gasteiger partial charge is 0.120 e. The molecule has 0 aromatic heterocycles. The molecule has 0 spiro atoms. The molecule has 2 rings (SSSR count). The fourth-order valence-corrected chi connectivity index (χ4v) is 3.05. The molecule has 0 aliphatic heterocycles. The van der Waals surface area contributed by atoms with Crippen LogP contribution in [0.15, 0.2) is 53.4 Å². The van der Waals surface area contributed by atoms with E-state index < -0.39 is 6.10 Å². The van der Waals surface area contributed by atoms with Gasteiger partial charge in [-0.25, -0.2) is 0 Å². The van der Waals surface area contributed by atoms with E-state index in [-0.39, 0.29) is 6.10 Å². The van der Waals surface area contributed by atoms with Crippen LogP contribution in [0.4, 0.5) is 0 Å². The lowest BCUT2D eigenvalue weighted by molar-refractivity contribution is 0.201. The molecule has 21 heavy (non-hydrogen) atoms. The van der Waals surface area contributed by atoms with Crippen molar-refractivity contribution in [3.05, 3.63) is 59.7 Å². The lowest BCUT2D eigenvalue weighted by Gasteiger charge is -2.14. The van der Waals surface area contributed by atoms with Crippen molar-refractivity contribution in [2.45, 2.75) is 37.9 Å². The molecule has 0 aliphatic rings. The summed E-state index contributed by atoms with van der Waals surface area (Å²) in [5.41, 5.74) is 2.14. The zero-order chi connectivity index (χ0) is 15.2. The van der Waals surface area contributed by atoms with E-state index in [4.69, 9.17) is 4.74 Å². The van der Waals surface area contributed by atoms with Crippen LogP contribution in [0.5, 0.6) is 5.75 Å². The van der Waals surface area contributed by atoms with Crippen molar-refractivity contribution < 1.29 is 9.84 Å². The molecule has 3 heteroatoms. The Morgan fingerprint density at radius 2 is 1.86 bits per heavy atom. The van der Waals surface area contributed by atoms with Crippen LogP contribution in [0.3, 0.4) is 0 Å². The lowest BCUT2D eigenvalue weighted by atomic mass is 10.1. The second kappa shape index (κ2) is 7.53. The van der Waals surface area contributed by atoms with Crippen LogP contribution in [0.25, 0.3) is 0 Å². The molecule has 2 aromatic rings. The van der Waals surface area contributed by atoms with Crippen LogP contribution in [-0.4, -0.2) is 17.0 Å². The van der Waals surface area contributed by atoms with Crippen molar-refractivity contribution in [1.82, 2.24) is 0 Å². The minimum absolute atomic E-state index is 0.138. The Hall–Kier alpha value is -1.45.